The second kappa shape index (κ2) is 5.94. The maximum absolute atomic E-state index is 11.2. The minimum atomic E-state index is -0.0278. The molecular weight excluding hydrogens is 166 g/mol. The van der Waals surface area contributed by atoms with E-state index in [0.717, 1.165) is 6.42 Å². The average molecular weight is 187 g/mol. The van der Waals surface area contributed by atoms with Crippen LogP contribution in [0.2, 0.25) is 0 Å². The Balaban J connectivity index is 3.65. The van der Waals surface area contributed by atoms with Gasteiger partial charge >= 0.3 is 0 Å². The minimum Gasteiger partial charge on any atom is -0.327 e. The highest BCUT2D eigenvalue weighted by Gasteiger charge is 2.10. The van der Waals surface area contributed by atoms with Crippen molar-refractivity contribution in [3.63, 3.8) is 0 Å². The molecule has 1 atom stereocenters. The van der Waals surface area contributed by atoms with E-state index in [1.165, 1.54) is 0 Å². The van der Waals surface area contributed by atoms with Crippen LogP contribution in [0.25, 0.3) is 0 Å². The lowest BCUT2D eigenvalue weighted by Crippen LogP contribution is -2.39. The molecule has 0 saturated heterocycles. The van der Waals surface area contributed by atoms with E-state index in [1.54, 1.807) is 19.1 Å². The highest BCUT2D eigenvalue weighted by atomic mass is 16.2. The number of carbonyl (C=O) groups excluding carboxylic acids is 1. The number of hydrogen-bond donors (Lipinski definition) is 2. The van der Waals surface area contributed by atoms with Crippen LogP contribution in [0.15, 0.2) is 0 Å². The molecule has 13 heavy (non-hydrogen) atoms. The molecule has 0 aromatic rings. The summed E-state index contributed by atoms with van der Waals surface area (Å²) in [5.41, 5.74) is 8.43. The standard InChI is InChI=1S/C9H21N3O/c1-7(2)5-8(10)6-9(13)11-12(3)4/h7-8H,5-6,10H2,1-4H3,(H,11,13). The highest BCUT2D eigenvalue weighted by molar-refractivity contribution is 5.75. The molecule has 0 aromatic carbocycles. The second-order valence-electron chi connectivity index (χ2n) is 4.02. The number of nitrogens with one attached hydrogen (secondary N) is 1. The summed E-state index contributed by atoms with van der Waals surface area (Å²) in [5.74, 6) is 0.528. The molecule has 0 fully saturated rings. The van der Waals surface area contributed by atoms with Crippen molar-refractivity contribution in [1.29, 1.82) is 0 Å². The van der Waals surface area contributed by atoms with Gasteiger partial charge < -0.3 is 5.73 Å². The van der Waals surface area contributed by atoms with Crippen LogP contribution in [0.5, 0.6) is 0 Å². The molecule has 3 N–H and O–H groups in total. The van der Waals surface area contributed by atoms with Crippen molar-refractivity contribution in [3.8, 4) is 0 Å². The van der Waals surface area contributed by atoms with Gasteiger partial charge in [0.05, 0.1) is 0 Å². The summed E-state index contributed by atoms with van der Waals surface area (Å²) in [6, 6.07) is -0.0278. The summed E-state index contributed by atoms with van der Waals surface area (Å²) in [6.07, 6.45) is 1.29. The smallest absolute Gasteiger partial charge is 0.235 e. The van der Waals surface area contributed by atoms with Gasteiger partial charge in [0.25, 0.3) is 0 Å². The molecule has 0 rings (SSSR count). The van der Waals surface area contributed by atoms with Crippen LogP contribution in [0, 0.1) is 5.92 Å². The third kappa shape index (κ3) is 7.74. The van der Waals surface area contributed by atoms with Gasteiger partial charge in [-0.15, -0.1) is 0 Å². The third-order valence-corrected chi connectivity index (χ3v) is 1.57. The van der Waals surface area contributed by atoms with E-state index < -0.39 is 0 Å². The maximum atomic E-state index is 11.2. The summed E-state index contributed by atoms with van der Waals surface area (Å²) >= 11 is 0. The third-order valence-electron chi connectivity index (χ3n) is 1.57. The molecule has 0 aliphatic carbocycles. The van der Waals surface area contributed by atoms with Crippen LogP contribution in [-0.4, -0.2) is 31.1 Å². The van der Waals surface area contributed by atoms with Gasteiger partial charge in [-0.05, 0) is 12.3 Å². The van der Waals surface area contributed by atoms with E-state index in [0.29, 0.717) is 12.3 Å². The molecule has 0 aliphatic rings. The molecule has 1 amide bonds. The Bertz CT molecular complexity index is 157. The molecule has 4 nitrogen and oxygen atoms in total. The van der Waals surface area contributed by atoms with Crippen molar-refractivity contribution in [2.24, 2.45) is 11.7 Å². The van der Waals surface area contributed by atoms with E-state index in [4.69, 9.17) is 5.73 Å². The number of carbonyl (C=O) groups is 1. The van der Waals surface area contributed by atoms with E-state index in [-0.39, 0.29) is 11.9 Å². The van der Waals surface area contributed by atoms with Gasteiger partial charge in [0.15, 0.2) is 0 Å². The lowest BCUT2D eigenvalue weighted by molar-refractivity contribution is -0.125. The van der Waals surface area contributed by atoms with Gasteiger partial charge in [-0.25, -0.2) is 5.01 Å². The number of nitrogens with zero attached hydrogens (tertiary/aromatic N) is 1. The second-order valence-corrected chi connectivity index (χ2v) is 4.02. The molecular formula is C9H21N3O. The van der Waals surface area contributed by atoms with Crippen LogP contribution >= 0.6 is 0 Å². The molecule has 0 heterocycles. The van der Waals surface area contributed by atoms with Crippen LogP contribution in [0.4, 0.5) is 0 Å². The average Bonchev–Trinajstić information content (AvgIpc) is 1.80. The lowest BCUT2D eigenvalue weighted by atomic mass is 10.0. The summed E-state index contributed by atoms with van der Waals surface area (Å²) < 4.78 is 0. The first-order chi connectivity index (χ1) is 5.91. The van der Waals surface area contributed by atoms with Crippen molar-refractivity contribution < 1.29 is 4.79 Å². The molecule has 0 aliphatic heterocycles. The normalized spacial score (nSPS) is 13.5. The monoisotopic (exact) mass is 187 g/mol. The molecule has 78 valence electrons. The minimum absolute atomic E-state index is 0.0156. The van der Waals surface area contributed by atoms with E-state index in [2.05, 4.69) is 19.3 Å². The Morgan fingerprint density at radius 2 is 2.00 bits per heavy atom. The number of amides is 1. The maximum Gasteiger partial charge on any atom is 0.235 e. The Hall–Kier alpha value is -0.610. The number of hydrogen-bond acceptors (Lipinski definition) is 3. The Morgan fingerprint density at radius 1 is 1.46 bits per heavy atom. The zero-order valence-corrected chi connectivity index (χ0v) is 9.00. The quantitative estimate of drug-likeness (QED) is 0.610. The summed E-state index contributed by atoms with van der Waals surface area (Å²) in [5, 5.41) is 1.63. The molecule has 1 unspecified atom stereocenters. The predicted octanol–water partition coefficient (Wildman–Crippen LogP) is 0.343. The zero-order chi connectivity index (χ0) is 10.4. The molecule has 0 aromatic heterocycles. The Labute approximate surface area is 80.4 Å². The van der Waals surface area contributed by atoms with Gasteiger partial charge in [0, 0.05) is 26.6 Å². The predicted molar refractivity (Wildman–Crippen MR) is 53.9 cm³/mol. The van der Waals surface area contributed by atoms with Gasteiger partial charge in [-0.3, -0.25) is 10.2 Å². The zero-order valence-electron chi connectivity index (χ0n) is 9.00. The topological polar surface area (TPSA) is 58.4 Å². The van der Waals surface area contributed by atoms with Crippen molar-refractivity contribution in [3.05, 3.63) is 0 Å². The highest BCUT2D eigenvalue weighted by Crippen LogP contribution is 2.05. The number of hydrazine groups is 1. The van der Waals surface area contributed by atoms with Crippen molar-refractivity contribution in [1.82, 2.24) is 10.4 Å². The first-order valence-electron chi connectivity index (χ1n) is 4.64. The lowest BCUT2D eigenvalue weighted by Gasteiger charge is -2.16. The summed E-state index contributed by atoms with van der Waals surface area (Å²) in [6.45, 7) is 4.20. The fourth-order valence-corrected chi connectivity index (χ4v) is 1.22. The van der Waals surface area contributed by atoms with Crippen molar-refractivity contribution >= 4 is 5.91 Å². The van der Waals surface area contributed by atoms with Gasteiger partial charge in [-0.2, -0.15) is 0 Å². The fraction of sp³-hybridized carbons (Fsp3) is 0.889. The van der Waals surface area contributed by atoms with Gasteiger partial charge in [-0.1, -0.05) is 13.8 Å². The first-order valence-corrected chi connectivity index (χ1v) is 4.64. The van der Waals surface area contributed by atoms with Crippen molar-refractivity contribution in [2.45, 2.75) is 32.7 Å². The summed E-state index contributed by atoms with van der Waals surface area (Å²) in [4.78, 5) is 11.2. The van der Waals surface area contributed by atoms with Crippen LogP contribution in [0.1, 0.15) is 26.7 Å². The van der Waals surface area contributed by atoms with Gasteiger partial charge in [0.2, 0.25) is 5.91 Å². The van der Waals surface area contributed by atoms with Crippen LogP contribution in [0.3, 0.4) is 0 Å². The van der Waals surface area contributed by atoms with Gasteiger partial charge in [0.1, 0.15) is 0 Å². The van der Waals surface area contributed by atoms with E-state index in [1.807, 2.05) is 0 Å². The molecule has 0 spiro atoms. The van der Waals surface area contributed by atoms with Crippen LogP contribution in [-0.2, 0) is 4.79 Å². The molecule has 0 radical (unpaired) electrons. The van der Waals surface area contributed by atoms with E-state index in [9.17, 15) is 4.79 Å². The fourth-order valence-electron chi connectivity index (χ4n) is 1.22. The molecule has 4 heteroatoms. The molecule has 0 bridgehead atoms. The summed E-state index contributed by atoms with van der Waals surface area (Å²) in [7, 11) is 3.57. The Kier molecular flexibility index (Phi) is 5.66. The largest absolute Gasteiger partial charge is 0.327 e. The SMILES string of the molecule is CC(C)CC(N)CC(=O)NN(C)C. The van der Waals surface area contributed by atoms with E-state index >= 15 is 0 Å². The Morgan fingerprint density at radius 3 is 2.38 bits per heavy atom. The number of nitrogens with two attached hydrogens (primary N) is 1. The van der Waals surface area contributed by atoms with Crippen molar-refractivity contribution in [2.75, 3.05) is 14.1 Å². The number of rotatable bonds is 5. The van der Waals surface area contributed by atoms with Crippen LogP contribution < -0.4 is 11.2 Å². The first kappa shape index (κ1) is 12.4. The molecule has 0 saturated carbocycles.